The predicted molar refractivity (Wildman–Crippen MR) is 258 cm³/mol. The minimum Gasteiger partial charge on any atom is -0.456 e. The van der Waals surface area contributed by atoms with Crippen LogP contribution in [0.3, 0.4) is 0 Å². The molecular formula is C58H38N4O. The molecule has 296 valence electrons. The van der Waals surface area contributed by atoms with E-state index < -0.39 is 0 Å². The fourth-order valence-electron chi connectivity index (χ4n) is 10.1. The molecule has 9 aromatic carbocycles. The first-order chi connectivity index (χ1) is 31.0. The van der Waals surface area contributed by atoms with E-state index in [9.17, 15) is 0 Å². The molecule has 0 amide bonds. The Bertz CT molecular complexity index is 3820. The van der Waals surface area contributed by atoms with Crippen molar-refractivity contribution in [3.8, 4) is 62.1 Å². The number of hydrogen-bond acceptors (Lipinski definition) is 4. The zero-order chi connectivity index (χ0) is 41.8. The lowest BCUT2D eigenvalue weighted by Crippen LogP contribution is -2.15. The zero-order valence-electron chi connectivity index (χ0n) is 34.7. The van der Waals surface area contributed by atoms with Crippen LogP contribution < -0.4 is 0 Å². The standard InChI is InChI=1S/C58H38N4O/c1-58(2)48-21-11-8-18-42(48)43-29-28-40(31-49(43)58)56-59-55(37-26-24-36(25-27-37)35-14-4-3-5-15-35)60-57(61-56)47-33-41(34-53-54(47)45-20-10-13-23-52(45)63-53)62-50-22-12-9-19-44(50)46-30-38-16-6-7-17-39(38)32-51(46)62/h3-34H,1-2H3. The minimum absolute atomic E-state index is 0.183. The summed E-state index contributed by atoms with van der Waals surface area (Å²) in [5, 5.41) is 6.76. The zero-order valence-corrected chi connectivity index (χ0v) is 34.7. The van der Waals surface area contributed by atoms with Crippen molar-refractivity contribution < 1.29 is 4.42 Å². The summed E-state index contributed by atoms with van der Waals surface area (Å²) in [7, 11) is 0. The molecule has 3 aromatic heterocycles. The van der Waals surface area contributed by atoms with Crippen LogP contribution in [0.25, 0.3) is 117 Å². The van der Waals surface area contributed by atoms with E-state index in [0.717, 1.165) is 66.5 Å². The first-order valence-corrected chi connectivity index (χ1v) is 21.5. The second kappa shape index (κ2) is 13.4. The molecule has 0 fully saturated rings. The van der Waals surface area contributed by atoms with Gasteiger partial charge in [0.1, 0.15) is 11.2 Å². The van der Waals surface area contributed by atoms with Crippen molar-refractivity contribution in [2.75, 3.05) is 0 Å². The molecule has 13 rings (SSSR count). The molecule has 0 saturated carbocycles. The van der Waals surface area contributed by atoms with Gasteiger partial charge in [-0.2, -0.15) is 0 Å². The summed E-state index contributed by atoms with van der Waals surface area (Å²) in [6, 6.07) is 68.9. The van der Waals surface area contributed by atoms with Crippen molar-refractivity contribution in [3.63, 3.8) is 0 Å². The number of para-hydroxylation sites is 2. The van der Waals surface area contributed by atoms with Crippen molar-refractivity contribution in [3.05, 3.63) is 205 Å². The lowest BCUT2D eigenvalue weighted by atomic mass is 9.82. The Morgan fingerprint density at radius 3 is 1.86 bits per heavy atom. The molecule has 5 heteroatoms. The highest BCUT2D eigenvalue weighted by Gasteiger charge is 2.35. The average Bonchev–Trinajstić information content (AvgIpc) is 3.95. The Morgan fingerprint density at radius 1 is 0.397 bits per heavy atom. The number of furan rings is 1. The van der Waals surface area contributed by atoms with Gasteiger partial charge in [0, 0.05) is 49.7 Å². The number of aromatic nitrogens is 4. The Kier molecular flexibility index (Phi) is 7.58. The third kappa shape index (κ3) is 5.46. The highest BCUT2D eigenvalue weighted by molar-refractivity contribution is 6.16. The van der Waals surface area contributed by atoms with Crippen molar-refractivity contribution in [2.45, 2.75) is 19.3 Å². The van der Waals surface area contributed by atoms with Crippen LogP contribution in [0.1, 0.15) is 25.0 Å². The molecular weight excluding hydrogens is 769 g/mol. The Hall–Kier alpha value is -8.15. The van der Waals surface area contributed by atoms with Crippen LogP contribution in [0.4, 0.5) is 0 Å². The summed E-state index contributed by atoms with van der Waals surface area (Å²) in [6.45, 7) is 4.62. The molecule has 0 aliphatic heterocycles. The largest absolute Gasteiger partial charge is 0.456 e. The Morgan fingerprint density at radius 2 is 1.02 bits per heavy atom. The summed E-state index contributed by atoms with van der Waals surface area (Å²) < 4.78 is 9.11. The van der Waals surface area contributed by atoms with Crippen molar-refractivity contribution in [1.29, 1.82) is 0 Å². The van der Waals surface area contributed by atoms with Crippen molar-refractivity contribution in [1.82, 2.24) is 19.5 Å². The van der Waals surface area contributed by atoms with E-state index in [-0.39, 0.29) is 5.41 Å². The van der Waals surface area contributed by atoms with Crippen LogP contribution in [0.5, 0.6) is 0 Å². The number of rotatable bonds is 5. The van der Waals surface area contributed by atoms with Crippen LogP contribution in [-0.4, -0.2) is 19.5 Å². The molecule has 0 unspecified atom stereocenters. The minimum atomic E-state index is -0.183. The second-order valence-electron chi connectivity index (χ2n) is 17.2. The van der Waals surface area contributed by atoms with Gasteiger partial charge in [0.05, 0.1) is 16.7 Å². The van der Waals surface area contributed by atoms with Gasteiger partial charge >= 0.3 is 0 Å². The Balaban J connectivity index is 1.08. The third-order valence-corrected chi connectivity index (χ3v) is 13.2. The van der Waals surface area contributed by atoms with E-state index in [2.05, 4.69) is 194 Å². The summed E-state index contributed by atoms with van der Waals surface area (Å²) >= 11 is 0. The van der Waals surface area contributed by atoms with Gasteiger partial charge in [0.25, 0.3) is 0 Å². The van der Waals surface area contributed by atoms with Crippen LogP contribution in [0.15, 0.2) is 199 Å². The van der Waals surface area contributed by atoms with Gasteiger partial charge < -0.3 is 8.98 Å². The van der Waals surface area contributed by atoms with Crippen LogP contribution in [0.2, 0.25) is 0 Å². The second-order valence-corrected chi connectivity index (χ2v) is 17.2. The molecule has 0 spiro atoms. The van der Waals surface area contributed by atoms with E-state index in [0.29, 0.717) is 17.5 Å². The summed E-state index contributed by atoms with van der Waals surface area (Å²) in [6.07, 6.45) is 0. The van der Waals surface area contributed by atoms with Gasteiger partial charge in [-0.3, -0.25) is 0 Å². The van der Waals surface area contributed by atoms with Gasteiger partial charge in [-0.25, -0.2) is 15.0 Å². The Labute approximate surface area is 363 Å². The van der Waals surface area contributed by atoms with Gasteiger partial charge in [0.15, 0.2) is 17.5 Å². The SMILES string of the molecule is CC1(C)c2ccccc2-c2ccc(-c3nc(-c4ccc(-c5ccccc5)cc4)nc(-c4cc(-n5c6ccccc6c6cc7ccccc7cc65)cc5oc6ccccc6c45)n3)cc21. The maximum absolute atomic E-state index is 6.75. The quantitative estimate of drug-likeness (QED) is 0.174. The van der Waals surface area contributed by atoms with Gasteiger partial charge in [-0.05, 0) is 80.6 Å². The number of benzene rings is 9. The smallest absolute Gasteiger partial charge is 0.164 e. The summed E-state index contributed by atoms with van der Waals surface area (Å²) in [5.41, 5.74) is 14.7. The van der Waals surface area contributed by atoms with Gasteiger partial charge in [-0.15, -0.1) is 0 Å². The maximum atomic E-state index is 6.75. The predicted octanol–water partition coefficient (Wildman–Crippen LogP) is 15.0. The topological polar surface area (TPSA) is 56.7 Å². The van der Waals surface area contributed by atoms with Gasteiger partial charge in [-0.1, -0.05) is 166 Å². The maximum Gasteiger partial charge on any atom is 0.164 e. The summed E-state index contributed by atoms with van der Waals surface area (Å²) in [4.78, 5) is 16.1. The number of nitrogens with zero attached hydrogens (tertiary/aromatic N) is 4. The molecule has 0 atom stereocenters. The van der Waals surface area contributed by atoms with Crippen molar-refractivity contribution in [2.24, 2.45) is 0 Å². The molecule has 63 heavy (non-hydrogen) atoms. The van der Waals surface area contributed by atoms with Gasteiger partial charge in [0.2, 0.25) is 0 Å². The molecule has 12 aromatic rings. The van der Waals surface area contributed by atoms with Crippen LogP contribution in [-0.2, 0) is 5.41 Å². The molecule has 1 aliphatic carbocycles. The number of hydrogen-bond donors (Lipinski definition) is 0. The highest BCUT2D eigenvalue weighted by Crippen LogP contribution is 2.50. The normalized spacial score (nSPS) is 13.0. The van der Waals surface area contributed by atoms with Crippen LogP contribution >= 0.6 is 0 Å². The lowest BCUT2D eigenvalue weighted by Gasteiger charge is -2.21. The molecule has 5 nitrogen and oxygen atoms in total. The lowest BCUT2D eigenvalue weighted by molar-refractivity contribution is 0.660. The third-order valence-electron chi connectivity index (χ3n) is 13.2. The molecule has 0 saturated heterocycles. The number of fused-ring (bicyclic) bond motifs is 10. The fourth-order valence-corrected chi connectivity index (χ4v) is 10.1. The van der Waals surface area contributed by atoms with E-state index in [4.69, 9.17) is 19.4 Å². The first-order valence-electron chi connectivity index (χ1n) is 21.5. The average molecular weight is 807 g/mol. The summed E-state index contributed by atoms with van der Waals surface area (Å²) in [5.74, 6) is 1.80. The fraction of sp³-hybridized carbons (Fsp3) is 0.0517. The first kappa shape index (κ1) is 35.6. The van der Waals surface area contributed by atoms with Crippen LogP contribution in [0, 0.1) is 0 Å². The van der Waals surface area contributed by atoms with E-state index in [1.165, 1.54) is 43.8 Å². The molecule has 3 heterocycles. The van der Waals surface area contributed by atoms with E-state index in [1.807, 2.05) is 18.2 Å². The van der Waals surface area contributed by atoms with Crippen molar-refractivity contribution >= 4 is 54.5 Å². The van der Waals surface area contributed by atoms with E-state index >= 15 is 0 Å². The molecule has 0 radical (unpaired) electrons. The molecule has 0 N–H and O–H groups in total. The highest BCUT2D eigenvalue weighted by atomic mass is 16.3. The molecule has 0 bridgehead atoms. The molecule has 1 aliphatic rings. The monoisotopic (exact) mass is 806 g/mol. The van der Waals surface area contributed by atoms with E-state index in [1.54, 1.807) is 0 Å².